The SMILES string of the molecule is COC1CCCCOC1=O. The van der Waals surface area contributed by atoms with Gasteiger partial charge in [0.2, 0.25) is 0 Å². The molecular formula is C7H12O3. The van der Waals surface area contributed by atoms with Crippen LogP contribution in [-0.2, 0) is 14.3 Å². The molecule has 0 amide bonds. The van der Waals surface area contributed by atoms with E-state index < -0.39 is 0 Å². The standard InChI is InChI=1S/C7H12O3/c1-9-6-4-2-3-5-10-7(6)8/h6H,2-5H2,1H3. The van der Waals surface area contributed by atoms with Crippen LogP contribution in [0.3, 0.4) is 0 Å². The highest BCUT2D eigenvalue weighted by Gasteiger charge is 2.21. The highest BCUT2D eigenvalue weighted by atomic mass is 16.6. The van der Waals surface area contributed by atoms with E-state index >= 15 is 0 Å². The van der Waals surface area contributed by atoms with E-state index in [0.717, 1.165) is 19.3 Å². The molecule has 1 atom stereocenters. The minimum absolute atomic E-state index is 0.208. The molecule has 0 aromatic rings. The third-order valence-electron chi connectivity index (χ3n) is 1.65. The summed E-state index contributed by atoms with van der Waals surface area (Å²) in [5, 5.41) is 0. The fraction of sp³-hybridized carbons (Fsp3) is 0.857. The van der Waals surface area contributed by atoms with Gasteiger partial charge >= 0.3 is 5.97 Å². The van der Waals surface area contributed by atoms with Gasteiger partial charge in [0.1, 0.15) is 0 Å². The molecule has 0 saturated carbocycles. The van der Waals surface area contributed by atoms with E-state index in [1.54, 1.807) is 0 Å². The third-order valence-corrected chi connectivity index (χ3v) is 1.65. The normalized spacial score (nSPS) is 27.3. The Hall–Kier alpha value is -0.570. The van der Waals surface area contributed by atoms with Gasteiger partial charge in [-0.15, -0.1) is 0 Å². The number of esters is 1. The molecule has 1 heterocycles. The number of hydrogen-bond acceptors (Lipinski definition) is 3. The zero-order chi connectivity index (χ0) is 7.40. The molecule has 1 aliphatic heterocycles. The Labute approximate surface area is 60.3 Å². The fourth-order valence-electron chi connectivity index (χ4n) is 1.03. The number of methoxy groups -OCH3 is 1. The van der Waals surface area contributed by atoms with Gasteiger partial charge < -0.3 is 9.47 Å². The third kappa shape index (κ3) is 1.70. The first-order valence-electron chi connectivity index (χ1n) is 3.54. The maximum absolute atomic E-state index is 10.9. The van der Waals surface area contributed by atoms with Crippen LogP contribution in [0.2, 0.25) is 0 Å². The van der Waals surface area contributed by atoms with Gasteiger partial charge in [-0.1, -0.05) is 0 Å². The van der Waals surface area contributed by atoms with E-state index in [0.29, 0.717) is 6.61 Å². The van der Waals surface area contributed by atoms with Gasteiger partial charge in [-0.25, -0.2) is 4.79 Å². The van der Waals surface area contributed by atoms with Gasteiger partial charge in [0.05, 0.1) is 6.61 Å². The first-order valence-corrected chi connectivity index (χ1v) is 3.54. The molecule has 1 saturated heterocycles. The summed E-state index contributed by atoms with van der Waals surface area (Å²) in [6.07, 6.45) is 2.47. The number of rotatable bonds is 1. The van der Waals surface area contributed by atoms with Crippen LogP contribution < -0.4 is 0 Å². The van der Waals surface area contributed by atoms with Crippen molar-refractivity contribution >= 4 is 5.97 Å². The fourth-order valence-corrected chi connectivity index (χ4v) is 1.03. The lowest BCUT2D eigenvalue weighted by Crippen LogP contribution is -2.23. The molecule has 58 valence electrons. The van der Waals surface area contributed by atoms with Crippen molar-refractivity contribution in [1.82, 2.24) is 0 Å². The molecule has 0 aromatic carbocycles. The van der Waals surface area contributed by atoms with Gasteiger partial charge in [0.15, 0.2) is 6.10 Å². The number of carbonyl (C=O) groups is 1. The van der Waals surface area contributed by atoms with E-state index in [4.69, 9.17) is 9.47 Å². The van der Waals surface area contributed by atoms with Crippen molar-refractivity contribution in [3.63, 3.8) is 0 Å². The summed E-state index contributed by atoms with van der Waals surface area (Å²) in [4.78, 5) is 10.9. The minimum Gasteiger partial charge on any atom is -0.464 e. The molecule has 1 unspecified atom stereocenters. The predicted octanol–water partition coefficient (Wildman–Crippen LogP) is 0.728. The monoisotopic (exact) mass is 144 g/mol. The molecule has 1 fully saturated rings. The number of ether oxygens (including phenoxy) is 2. The molecular weight excluding hydrogens is 132 g/mol. The first kappa shape index (κ1) is 7.54. The van der Waals surface area contributed by atoms with E-state index in [1.807, 2.05) is 0 Å². The maximum Gasteiger partial charge on any atom is 0.335 e. The Morgan fingerprint density at radius 1 is 1.60 bits per heavy atom. The quantitative estimate of drug-likeness (QED) is 0.509. The molecule has 0 N–H and O–H groups in total. The molecule has 0 radical (unpaired) electrons. The molecule has 0 aromatic heterocycles. The van der Waals surface area contributed by atoms with Crippen molar-refractivity contribution in [2.24, 2.45) is 0 Å². The highest BCUT2D eigenvalue weighted by molar-refractivity contribution is 5.74. The molecule has 10 heavy (non-hydrogen) atoms. The Kier molecular flexibility index (Phi) is 2.68. The predicted molar refractivity (Wildman–Crippen MR) is 35.6 cm³/mol. The number of carbonyl (C=O) groups excluding carboxylic acids is 1. The van der Waals surface area contributed by atoms with Crippen molar-refractivity contribution in [1.29, 1.82) is 0 Å². The summed E-state index contributed by atoms with van der Waals surface area (Å²) in [6, 6.07) is 0. The van der Waals surface area contributed by atoms with Crippen LogP contribution in [0.4, 0.5) is 0 Å². The molecule has 1 rings (SSSR count). The van der Waals surface area contributed by atoms with E-state index in [9.17, 15) is 4.79 Å². The van der Waals surface area contributed by atoms with Gasteiger partial charge in [-0.2, -0.15) is 0 Å². The largest absolute Gasteiger partial charge is 0.464 e. The zero-order valence-corrected chi connectivity index (χ0v) is 6.13. The summed E-state index contributed by atoms with van der Waals surface area (Å²) in [5.41, 5.74) is 0. The number of hydrogen-bond donors (Lipinski definition) is 0. The van der Waals surface area contributed by atoms with Crippen LogP contribution >= 0.6 is 0 Å². The van der Waals surface area contributed by atoms with Crippen molar-refractivity contribution in [2.45, 2.75) is 25.4 Å². The van der Waals surface area contributed by atoms with Crippen LogP contribution in [0, 0.1) is 0 Å². The summed E-state index contributed by atoms with van der Waals surface area (Å²) in [7, 11) is 1.54. The van der Waals surface area contributed by atoms with Gasteiger partial charge in [0.25, 0.3) is 0 Å². The van der Waals surface area contributed by atoms with Gasteiger partial charge in [-0.3, -0.25) is 0 Å². The lowest BCUT2D eigenvalue weighted by atomic mass is 10.2. The highest BCUT2D eigenvalue weighted by Crippen LogP contribution is 2.10. The summed E-state index contributed by atoms with van der Waals surface area (Å²) in [6.45, 7) is 0.554. The Bertz CT molecular complexity index is 122. The number of cyclic esters (lactones) is 1. The van der Waals surface area contributed by atoms with Crippen molar-refractivity contribution in [3.05, 3.63) is 0 Å². The van der Waals surface area contributed by atoms with E-state index in [-0.39, 0.29) is 12.1 Å². The van der Waals surface area contributed by atoms with Gasteiger partial charge in [-0.05, 0) is 19.3 Å². The lowest BCUT2D eigenvalue weighted by molar-refractivity contribution is -0.153. The summed E-state index contributed by atoms with van der Waals surface area (Å²) in [5.74, 6) is -0.208. The molecule has 1 aliphatic rings. The van der Waals surface area contributed by atoms with Crippen LogP contribution in [-0.4, -0.2) is 25.8 Å². The average Bonchev–Trinajstić information content (AvgIpc) is 2.13. The van der Waals surface area contributed by atoms with Crippen molar-refractivity contribution in [3.8, 4) is 0 Å². The lowest BCUT2D eigenvalue weighted by Gasteiger charge is -2.08. The Morgan fingerprint density at radius 3 is 3.10 bits per heavy atom. The Morgan fingerprint density at radius 2 is 2.40 bits per heavy atom. The van der Waals surface area contributed by atoms with E-state index in [2.05, 4.69) is 0 Å². The second-order valence-electron chi connectivity index (χ2n) is 2.39. The summed E-state index contributed by atoms with van der Waals surface area (Å²) >= 11 is 0. The molecule has 0 bridgehead atoms. The van der Waals surface area contributed by atoms with Crippen molar-refractivity contribution < 1.29 is 14.3 Å². The molecule has 0 aliphatic carbocycles. The van der Waals surface area contributed by atoms with Crippen LogP contribution in [0.1, 0.15) is 19.3 Å². The van der Waals surface area contributed by atoms with Crippen LogP contribution in [0.5, 0.6) is 0 Å². The maximum atomic E-state index is 10.9. The molecule has 3 heteroatoms. The molecule has 3 nitrogen and oxygen atoms in total. The van der Waals surface area contributed by atoms with Crippen molar-refractivity contribution in [2.75, 3.05) is 13.7 Å². The van der Waals surface area contributed by atoms with Crippen LogP contribution in [0.15, 0.2) is 0 Å². The second-order valence-corrected chi connectivity index (χ2v) is 2.39. The second kappa shape index (κ2) is 3.56. The van der Waals surface area contributed by atoms with Gasteiger partial charge in [0, 0.05) is 7.11 Å². The topological polar surface area (TPSA) is 35.5 Å². The minimum atomic E-state index is -0.317. The zero-order valence-electron chi connectivity index (χ0n) is 6.13. The first-order chi connectivity index (χ1) is 4.84. The van der Waals surface area contributed by atoms with E-state index in [1.165, 1.54) is 7.11 Å². The van der Waals surface area contributed by atoms with Crippen LogP contribution in [0.25, 0.3) is 0 Å². The average molecular weight is 144 g/mol. The molecule has 0 spiro atoms. The Balaban J connectivity index is 2.43. The smallest absolute Gasteiger partial charge is 0.335 e. The summed E-state index contributed by atoms with van der Waals surface area (Å²) < 4.78 is 9.75.